The van der Waals surface area contributed by atoms with Crippen LogP contribution in [0.1, 0.15) is 12.0 Å². The highest BCUT2D eigenvalue weighted by Gasteiger charge is 2.42. The van der Waals surface area contributed by atoms with Crippen LogP contribution in [0.5, 0.6) is 0 Å². The number of nitrogens with one attached hydrogen (secondary N) is 1. The predicted octanol–water partition coefficient (Wildman–Crippen LogP) is 4.24. The van der Waals surface area contributed by atoms with Crippen molar-refractivity contribution in [3.05, 3.63) is 78.5 Å². The molecule has 2 unspecified atom stereocenters. The molecule has 2 bridgehead atoms. The third-order valence-electron chi connectivity index (χ3n) is 6.95. The smallest absolute Gasteiger partial charge is 0.162 e. The summed E-state index contributed by atoms with van der Waals surface area (Å²) in [6.45, 7) is 2.96. The van der Waals surface area contributed by atoms with Gasteiger partial charge < -0.3 is 10.2 Å². The summed E-state index contributed by atoms with van der Waals surface area (Å²) >= 11 is 0. The standard InChI is InChI=1S/C27H28N6/c1-32-17-22-16-21(32)18-33(22)27-23-9-5-6-10-24(23)30-26(31-27)20-12-14-29-25(15-20)28-13-11-19-7-3-2-4-8-19/h2-10,12,14-15,21-22H,11,13,16-18H2,1H3,(H,28,29). The predicted molar refractivity (Wildman–Crippen MR) is 134 cm³/mol. The van der Waals surface area contributed by atoms with Gasteiger partial charge in [0.15, 0.2) is 5.82 Å². The van der Waals surface area contributed by atoms with E-state index < -0.39 is 0 Å². The summed E-state index contributed by atoms with van der Waals surface area (Å²) in [5.74, 6) is 2.67. The number of aromatic nitrogens is 3. The van der Waals surface area contributed by atoms with Crippen molar-refractivity contribution in [2.24, 2.45) is 0 Å². The molecule has 0 amide bonds. The molecule has 0 aliphatic carbocycles. The second-order valence-electron chi connectivity index (χ2n) is 9.12. The average molecular weight is 437 g/mol. The summed E-state index contributed by atoms with van der Waals surface area (Å²) in [6, 6.07) is 24.1. The first kappa shape index (κ1) is 20.1. The fourth-order valence-electron chi connectivity index (χ4n) is 5.18. The van der Waals surface area contributed by atoms with Crippen LogP contribution in [0.3, 0.4) is 0 Å². The average Bonchev–Trinajstić information content (AvgIpc) is 3.44. The number of likely N-dealkylation sites (N-methyl/N-ethyl adjacent to an activating group) is 1. The molecule has 2 aromatic carbocycles. The lowest BCUT2D eigenvalue weighted by atomic mass is 10.1. The van der Waals surface area contributed by atoms with Gasteiger partial charge in [-0.15, -0.1) is 0 Å². The normalized spacial score (nSPS) is 20.0. The molecule has 6 nitrogen and oxygen atoms in total. The summed E-state index contributed by atoms with van der Waals surface area (Å²) in [4.78, 5) is 19.5. The Hall–Kier alpha value is -3.51. The van der Waals surface area contributed by atoms with E-state index in [-0.39, 0.29) is 0 Å². The molecule has 2 aromatic heterocycles. The van der Waals surface area contributed by atoms with Crippen molar-refractivity contribution in [3.8, 4) is 11.4 Å². The van der Waals surface area contributed by atoms with Gasteiger partial charge in [-0.2, -0.15) is 0 Å². The first-order valence-electron chi connectivity index (χ1n) is 11.7. The number of fused-ring (bicyclic) bond motifs is 3. The first-order valence-corrected chi connectivity index (χ1v) is 11.7. The quantitative estimate of drug-likeness (QED) is 0.488. The Morgan fingerprint density at radius 1 is 0.939 bits per heavy atom. The molecule has 0 radical (unpaired) electrons. The molecule has 0 spiro atoms. The Kier molecular flexibility index (Phi) is 5.15. The molecule has 2 aliphatic rings. The van der Waals surface area contributed by atoms with Crippen molar-refractivity contribution >= 4 is 22.5 Å². The molecule has 166 valence electrons. The van der Waals surface area contributed by atoms with Crippen LogP contribution in [0, 0.1) is 0 Å². The SMILES string of the molecule is CN1CC2CC1CN2c1nc(-c2ccnc(NCCc3ccccc3)c2)nc2ccccc12. The van der Waals surface area contributed by atoms with Gasteiger partial charge in [0.05, 0.1) is 5.52 Å². The number of rotatable bonds is 6. The minimum absolute atomic E-state index is 0.527. The van der Waals surface area contributed by atoms with Gasteiger partial charge in [0.25, 0.3) is 0 Å². The van der Waals surface area contributed by atoms with Gasteiger partial charge in [0.1, 0.15) is 11.6 Å². The van der Waals surface area contributed by atoms with Crippen molar-refractivity contribution in [1.29, 1.82) is 0 Å². The number of piperazine rings is 1. The number of likely N-dealkylation sites (tertiary alicyclic amines) is 1. The Morgan fingerprint density at radius 2 is 1.79 bits per heavy atom. The Balaban J connectivity index is 1.29. The third kappa shape index (κ3) is 3.91. The zero-order valence-electron chi connectivity index (χ0n) is 18.9. The summed E-state index contributed by atoms with van der Waals surface area (Å²) in [5, 5.41) is 4.59. The number of para-hydroxylation sites is 1. The molecule has 6 heteroatoms. The van der Waals surface area contributed by atoms with Crippen LogP contribution >= 0.6 is 0 Å². The fraction of sp³-hybridized carbons (Fsp3) is 0.296. The van der Waals surface area contributed by atoms with E-state index in [2.05, 4.69) is 81.7 Å². The highest BCUT2D eigenvalue weighted by Crippen LogP contribution is 2.37. The van der Waals surface area contributed by atoms with Crippen LogP contribution in [0.15, 0.2) is 72.9 Å². The molecule has 2 aliphatic heterocycles. The number of hydrogen-bond donors (Lipinski definition) is 1. The largest absolute Gasteiger partial charge is 0.370 e. The summed E-state index contributed by atoms with van der Waals surface area (Å²) in [6.07, 6.45) is 4.01. The van der Waals surface area contributed by atoms with E-state index in [1.54, 1.807) is 0 Å². The van der Waals surface area contributed by atoms with Crippen LogP contribution in [0.2, 0.25) is 0 Å². The van der Waals surface area contributed by atoms with Crippen LogP contribution < -0.4 is 10.2 Å². The molecule has 6 rings (SSSR count). The van der Waals surface area contributed by atoms with Gasteiger partial charge in [0.2, 0.25) is 0 Å². The van der Waals surface area contributed by atoms with Crippen molar-refractivity contribution in [3.63, 3.8) is 0 Å². The van der Waals surface area contributed by atoms with Gasteiger partial charge in [-0.25, -0.2) is 15.0 Å². The molecule has 0 saturated carbocycles. The van der Waals surface area contributed by atoms with E-state index in [0.29, 0.717) is 12.1 Å². The Morgan fingerprint density at radius 3 is 2.61 bits per heavy atom. The van der Waals surface area contributed by atoms with E-state index in [1.807, 2.05) is 18.3 Å². The minimum Gasteiger partial charge on any atom is -0.370 e. The summed E-state index contributed by atoms with van der Waals surface area (Å²) in [5.41, 5.74) is 3.29. The van der Waals surface area contributed by atoms with Crippen molar-refractivity contribution in [1.82, 2.24) is 19.9 Å². The van der Waals surface area contributed by atoms with Gasteiger partial charge in [-0.05, 0) is 49.7 Å². The van der Waals surface area contributed by atoms with Crippen molar-refractivity contribution in [2.75, 3.05) is 36.9 Å². The number of nitrogens with zero attached hydrogens (tertiary/aromatic N) is 5. The maximum atomic E-state index is 5.11. The Labute approximate surface area is 194 Å². The third-order valence-corrected chi connectivity index (χ3v) is 6.95. The van der Waals surface area contributed by atoms with Crippen LogP contribution in [0.25, 0.3) is 22.3 Å². The van der Waals surface area contributed by atoms with Crippen LogP contribution in [-0.4, -0.2) is 58.6 Å². The Bertz CT molecular complexity index is 1270. The fourth-order valence-corrected chi connectivity index (χ4v) is 5.18. The number of pyridine rings is 1. The first-order chi connectivity index (χ1) is 16.2. The van der Waals surface area contributed by atoms with E-state index in [9.17, 15) is 0 Å². The molecule has 1 N–H and O–H groups in total. The molecule has 2 atom stereocenters. The van der Waals surface area contributed by atoms with Gasteiger partial charge >= 0.3 is 0 Å². The molecule has 33 heavy (non-hydrogen) atoms. The van der Waals surface area contributed by atoms with E-state index in [1.165, 1.54) is 12.0 Å². The zero-order chi connectivity index (χ0) is 22.2. The summed E-state index contributed by atoms with van der Waals surface area (Å²) in [7, 11) is 2.23. The van der Waals surface area contributed by atoms with Crippen LogP contribution in [0.4, 0.5) is 11.6 Å². The monoisotopic (exact) mass is 436 g/mol. The number of hydrogen-bond acceptors (Lipinski definition) is 6. The second kappa shape index (κ2) is 8.45. The molecule has 4 heterocycles. The zero-order valence-corrected chi connectivity index (χ0v) is 18.9. The molecule has 2 saturated heterocycles. The maximum absolute atomic E-state index is 5.11. The lowest BCUT2D eigenvalue weighted by Crippen LogP contribution is -2.45. The van der Waals surface area contributed by atoms with Crippen molar-refractivity contribution in [2.45, 2.75) is 24.9 Å². The number of anilines is 2. The van der Waals surface area contributed by atoms with Gasteiger partial charge in [-0.3, -0.25) is 4.90 Å². The molecule has 2 fully saturated rings. The lowest BCUT2D eigenvalue weighted by Gasteiger charge is -2.33. The van der Waals surface area contributed by atoms with E-state index >= 15 is 0 Å². The maximum Gasteiger partial charge on any atom is 0.162 e. The van der Waals surface area contributed by atoms with Gasteiger partial charge in [-0.1, -0.05) is 42.5 Å². The lowest BCUT2D eigenvalue weighted by molar-refractivity contribution is 0.292. The summed E-state index contributed by atoms with van der Waals surface area (Å²) < 4.78 is 0. The second-order valence-corrected chi connectivity index (χ2v) is 9.12. The number of benzene rings is 2. The van der Waals surface area contributed by atoms with Crippen molar-refractivity contribution < 1.29 is 0 Å². The van der Waals surface area contributed by atoms with Crippen LogP contribution in [-0.2, 0) is 6.42 Å². The van der Waals surface area contributed by atoms with E-state index in [0.717, 1.165) is 60.0 Å². The minimum atomic E-state index is 0.527. The molecular weight excluding hydrogens is 408 g/mol. The highest BCUT2D eigenvalue weighted by molar-refractivity contribution is 5.91. The van der Waals surface area contributed by atoms with Gasteiger partial charge in [0, 0.05) is 48.9 Å². The highest BCUT2D eigenvalue weighted by atomic mass is 15.4. The molecular formula is C27H28N6. The topological polar surface area (TPSA) is 57.2 Å². The van der Waals surface area contributed by atoms with E-state index in [4.69, 9.17) is 9.97 Å². The molecule has 4 aromatic rings.